The molecule has 0 bridgehead atoms. The van der Waals surface area contributed by atoms with E-state index in [2.05, 4.69) is 43.0 Å². The Morgan fingerprint density at radius 2 is 2.04 bits per heavy atom. The van der Waals surface area contributed by atoms with Crippen LogP contribution in [0.2, 0.25) is 0 Å². The van der Waals surface area contributed by atoms with Crippen LogP contribution in [-0.4, -0.2) is 57.3 Å². The van der Waals surface area contributed by atoms with Gasteiger partial charge in [-0.15, -0.1) is 5.10 Å². The predicted molar refractivity (Wildman–Crippen MR) is 106 cm³/mol. The third-order valence-electron chi connectivity index (χ3n) is 4.43. The second-order valence-electron chi connectivity index (χ2n) is 7.85. The molecule has 1 aromatic rings. The van der Waals surface area contributed by atoms with Crippen molar-refractivity contribution in [1.82, 2.24) is 19.9 Å². The van der Waals surface area contributed by atoms with Gasteiger partial charge in [0, 0.05) is 19.2 Å². The number of aliphatic hydroxyl groups is 1. The summed E-state index contributed by atoms with van der Waals surface area (Å²) in [7, 11) is 2.07. The zero-order valence-electron chi connectivity index (χ0n) is 17.6. The molecule has 7 nitrogen and oxygen atoms in total. The third-order valence-corrected chi connectivity index (χ3v) is 4.43. The highest BCUT2D eigenvalue weighted by Gasteiger charge is 2.12. The summed E-state index contributed by atoms with van der Waals surface area (Å²) < 4.78 is 6.76. The van der Waals surface area contributed by atoms with Crippen LogP contribution in [0.15, 0.2) is 6.20 Å². The first-order valence-corrected chi connectivity index (χ1v) is 10.3. The fourth-order valence-corrected chi connectivity index (χ4v) is 2.74. The number of aromatic nitrogens is 3. The molecule has 0 aromatic carbocycles. The lowest BCUT2D eigenvalue weighted by Crippen LogP contribution is -2.24. The molecule has 0 saturated heterocycles. The average molecular weight is 383 g/mol. The van der Waals surface area contributed by atoms with Crippen LogP contribution < -0.4 is 0 Å². The maximum absolute atomic E-state index is 11.7. The van der Waals surface area contributed by atoms with Gasteiger partial charge in [-0.05, 0) is 32.4 Å². The van der Waals surface area contributed by atoms with Gasteiger partial charge in [0.15, 0.2) is 0 Å². The molecule has 0 fully saturated rings. The predicted octanol–water partition coefficient (Wildman–Crippen LogP) is 3.02. The minimum absolute atomic E-state index is 0.00270. The number of nitrogens with zero attached hydrogens (tertiary/aromatic N) is 4. The zero-order chi connectivity index (χ0) is 20.1. The van der Waals surface area contributed by atoms with Gasteiger partial charge in [-0.3, -0.25) is 4.79 Å². The highest BCUT2D eigenvalue weighted by molar-refractivity contribution is 5.69. The summed E-state index contributed by atoms with van der Waals surface area (Å²) in [5, 5.41) is 18.3. The van der Waals surface area contributed by atoms with Gasteiger partial charge in [0.05, 0.1) is 12.2 Å². The zero-order valence-corrected chi connectivity index (χ0v) is 17.6. The van der Waals surface area contributed by atoms with Gasteiger partial charge >= 0.3 is 5.97 Å². The first-order valence-electron chi connectivity index (χ1n) is 10.3. The summed E-state index contributed by atoms with van der Waals surface area (Å²) in [6.07, 6.45) is 8.10. The van der Waals surface area contributed by atoms with Crippen molar-refractivity contribution < 1.29 is 14.6 Å². The van der Waals surface area contributed by atoms with Crippen LogP contribution in [0.3, 0.4) is 0 Å². The molecule has 1 atom stereocenters. The molecule has 7 heteroatoms. The Hall–Kier alpha value is -1.47. The third kappa shape index (κ3) is 11.8. The molecule has 1 N–H and O–H groups in total. The maximum atomic E-state index is 11.7. The van der Waals surface area contributed by atoms with E-state index in [1.165, 1.54) is 12.8 Å². The molecule has 0 aliphatic rings. The van der Waals surface area contributed by atoms with Gasteiger partial charge in [-0.25, -0.2) is 4.68 Å². The van der Waals surface area contributed by atoms with E-state index < -0.39 is 6.10 Å². The summed E-state index contributed by atoms with van der Waals surface area (Å²) >= 11 is 0. The van der Waals surface area contributed by atoms with Gasteiger partial charge in [0.2, 0.25) is 0 Å². The Labute approximate surface area is 164 Å². The molecule has 1 unspecified atom stereocenters. The smallest absolute Gasteiger partial charge is 0.305 e. The summed E-state index contributed by atoms with van der Waals surface area (Å²) in [5.74, 6) is 0.439. The van der Waals surface area contributed by atoms with Gasteiger partial charge < -0.3 is 14.7 Å². The molecule has 0 amide bonds. The van der Waals surface area contributed by atoms with Crippen LogP contribution in [-0.2, 0) is 22.6 Å². The van der Waals surface area contributed by atoms with Crippen molar-refractivity contribution in [3.8, 4) is 0 Å². The Morgan fingerprint density at radius 1 is 1.30 bits per heavy atom. The number of esters is 1. The Kier molecular flexibility index (Phi) is 11.9. The van der Waals surface area contributed by atoms with Gasteiger partial charge in [0.25, 0.3) is 0 Å². The Bertz CT molecular complexity index is 519. The molecule has 0 radical (unpaired) electrons. The van der Waals surface area contributed by atoms with E-state index >= 15 is 0 Å². The van der Waals surface area contributed by atoms with Crippen molar-refractivity contribution in [1.29, 1.82) is 0 Å². The fourth-order valence-electron chi connectivity index (χ4n) is 2.74. The summed E-state index contributed by atoms with van der Waals surface area (Å²) in [6.45, 7) is 8.61. The molecule has 0 aliphatic heterocycles. The summed E-state index contributed by atoms with van der Waals surface area (Å²) in [5.41, 5.74) is 0.873. The van der Waals surface area contributed by atoms with Crippen molar-refractivity contribution in [2.75, 3.05) is 20.2 Å². The minimum atomic E-state index is -0.776. The van der Waals surface area contributed by atoms with Crippen molar-refractivity contribution in [3.63, 3.8) is 0 Å². The van der Waals surface area contributed by atoms with E-state index in [0.29, 0.717) is 12.3 Å². The quantitative estimate of drug-likeness (QED) is 0.371. The molecule has 1 heterocycles. The number of hydrogen-bond acceptors (Lipinski definition) is 6. The molecular formula is C20H38N4O3. The van der Waals surface area contributed by atoms with E-state index in [0.717, 1.165) is 44.5 Å². The monoisotopic (exact) mass is 382 g/mol. The van der Waals surface area contributed by atoms with Crippen molar-refractivity contribution in [2.45, 2.75) is 84.9 Å². The van der Waals surface area contributed by atoms with Crippen molar-refractivity contribution in [3.05, 3.63) is 11.9 Å². The second-order valence-corrected chi connectivity index (χ2v) is 7.85. The lowest BCUT2D eigenvalue weighted by molar-refractivity contribution is -0.147. The average Bonchev–Trinajstić information content (AvgIpc) is 3.04. The molecule has 27 heavy (non-hydrogen) atoms. The number of rotatable bonds is 15. The van der Waals surface area contributed by atoms with E-state index in [9.17, 15) is 9.90 Å². The number of aliphatic hydroxyl groups excluding tert-OH is 1. The summed E-state index contributed by atoms with van der Waals surface area (Å²) in [4.78, 5) is 13.9. The molecule has 0 aliphatic carbocycles. The van der Waals surface area contributed by atoms with Gasteiger partial charge in [-0.1, -0.05) is 51.7 Å². The number of hydrogen-bond donors (Lipinski definition) is 1. The highest BCUT2D eigenvalue weighted by Crippen LogP contribution is 2.07. The SMILES string of the molecule is CCCCCCCC(=O)OCC(O)Cn1cc(CN(C)CCC(C)C)nn1. The van der Waals surface area contributed by atoms with Crippen LogP contribution in [0.5, 0.6) is 0 Å². The first-order chi connectivity index (χ1) is 12.9. The molecule has 0 saturated carbocycles. The number of ether oxygens (including phenoxy) is 1. The maximum Gasteiger partial charge on any atom is 0.305 e. The minimum Gasteiger partial charge on any atom is -0.463 e. The second kappa shape index (κ2) is 13.7. The van der Waals surface area contributed by atoms with Crippen LogP contribution in [0.4, 0.5) is 0 Å². The summed E-state index contributed by atoms with van der Waals surface area (Å²) in [6, 6.07) is 0. The van der Waals surface area contributed by atoms with E-state index in [4.69, 9.17) is 4.74 Å². The molecular weight excluding hydrogens is 344 g/mol. The molecule has 156 valence electrons. The number of carbonyl (C=O) groups is 1. The van der Waals surface area contributed by atoms with Crippen molar-refractivity contribution in [2.24, 2.45) is 5.92 Å². The standard InChI is InChI=1S/C20H38N4O3/c1-5-6-7-8-9-10-20(26)27-16-19(25)15-24-14-18(21-22-24)13-23(4)12-11-17(2)3/h14,17,19,25H,5-13,15-16H2,1-4H3. The van der Waals surface area contributed by atoms with Gasteiger partial charge in [0.1, 0.15) is 12.7 Å². The Balaban J connectivity index is 2.22. The van der Waals surface area contributed by atoms with Crippen LogP contribution in [0.25, 0.3) is 0 Å². The van der Waals surface area contributed by atoms with E-state index in [1.807, 2.05) is 6.20 Å². The molecule has 1 rings (SSSR count). The van der Waals surface area contributed by atoms with Gasteiger partial charge in [-0.2, -0.15) is 0 Å². The molecule has 1 aromatic heterocycles. The topological polar surface area (TPSA) is 80.5 Å². The van der Waals surface area contributed by atoms with Crippen molar-refractivity contribution >= 4 is 5.97 Å². The number of unbranched alkanes of at least 4 members (excludes halogenated alkanes) is 4. The van der Waals surface area contributed by atoms with Crippen LogP contribution in [0.1, 0.15) is 71.4 Å². The number of carbonyl (C=O) groups excluding carboxylic acids is 1. The normalized spacial score (nSPS) is 12.7. The molecule has 0 spiro atoms. The lowest BCUT2D eigenvalue weighted by atomic mass is 10.1. The highest BCUT2D eigenvalue weighted by atomic mass is 16.5. The Morgan fingerprint density at radius 3 is 2.74 bits per heavy atom. The fraction of sp³-hybridized carbons (Fsp3) is 0.850. The van der Waals surface area contributed by atoms with Crippen LogP contribution >= 0.6 is 0 Å². The largest absolute Gasteiger partial charge is 0.463 e. The lowest BCUT2D eigenvalue weighted by Gasteiger charge is -2.16. The van der Waals surface area contributed by atoms with Crippen LogP contribution in [0, 0.1) is 5.92 Å². The van der Waals surface area contributed by atoms with E-state index in [1.54, 1.807) is 4.68 Å². The first kappa shape index (κ1) is 23.6. The van der Waals surface area contributed by atoms with E-state index in [-0.39, 0.29) is 19.1 Å².